The summed E-state index contributed by atoms with van der Waals surface area (Å²) >= 11 is 0. The minimum atomic E-state index is -0.740. The molecule has 0 saturated carbocycles. The van der Waals surface area contributed by atoms with Gasteiger partial charge in [0.25, 0.3) is 0 Å². The number of aldehydes is 1. The zero-order valence-corrected chi connectivity index (χ0v) is 24.5. The van der Waals surface area contributed by atoms with Gasteiger partial charge in [-0.3, -0.25) is 14.6 Å². The molecule has 1 unspecified atom stereocenters. The summed E-state index contributed by atoms with van der Waals surface area (Å²) in [7, 11) is 1.28. The molecule has 2 heterocycles. The minimum absolute atomic E-state index is 0.116. The van der Waals surface area contributed by atoms with Crippen LogP contribution in [0.4, 0.5) is 0 Å². The highest BCUT2D eigenvalue weighted by Crippen LogP contribution is 2.33. The second-order valence-electron chi connectivity index (χ2n) is 10.2. The second kappa shape index (κ2) is 14.1. The Hall–Kier alpha value is -5.80. The lowest BCUT2D eigenvalue weighted by Crippen LogP contribution is -2.34. The summed E-state index contributed by atoms with van der Waals surface area (Å²) < 4.78 is 9.90. The number of aromatic hydroxyl groups is 1. The van der Waals surface area contributed by atoms with Crippen molar-refractivity contribution in [3.05, 3.63) is 132 Å². The molecule has 0 bridgehead atoms. The predicted octanol–water partition coefficient (Wildman–Crippen LogP) is 5.99. The standard InChI is InChI=1S/C19H14N2O3.C17H17NO3/c1-24-19(23)14-10-11(6-7-16(14)22)17-18-13(8-9-20-17)12-4-2-3-5-15(12)21-18;18-16(10-14-7-4-8-15(9-14)11-19)17(20)21-12-13-5-2-1-3-6-13/h2-10,21-22H,1H3;1-9,11,16H,10,12,18H2. The number of carbonyl (C=O) groups excluding carboxylic acids is 3. The number of hydrogen-bond donors (Lipinski definition) is 3. The molecule has 45 heavy (non-hydrogen) atoms. The molecule has 1 atom stereocenters. The second-order valence-corrected chi connectivity index (χ2v) is 10.2. The number of nitrogens with two attached hydrogens (primary N) is 1. The van der Waals surface area contributed by atoms with E-state index in [4.69, 9.17) is 15.2 Å². The van der Waals surface area contributed by atoms with Gasteiger partial charge in [-0.1, -0.05) is 66.7 Å². The summed E-state index contributed by atoms with van der Waals surface area (Å²) in [6, 6.07) is 30.5. The van der Waals surface area contributed by atoms with E-state index >= 15 is 0 Å². The number of phenolic OH excluding ortho intramolecular Hbond substituents is 1. The van der Waals surface area contributed by atoms with Gasteiger partial charge in [0.05, 0.1) is 18.3 Å². The maximum absolute atomic E-state index is 11.9. The number of H-pyrrole nitrogens is 1. The van der Waals surface area contributed by atoms with Gasteiger partial charge in [-0.25, -0.2) is 4.79 Å². The first-order valence-corrected chi connectivity index (χ1v) is 14.2. The molecule has 4 aromatic carbocycles. The maximum atomic E-state index is 11.9. The third-order valence-electron chi connectivity index (χ3n) is 7.17. The number of rotatable bonds is 8. The number of nitrogens with zero attached hydrogens (tertiary/aromatic N) is 1. The largest absolute Gasteiger partial charge is 0.507 e. The zero-order chi connectivity index (χ0) is 31.8. The van der Waals surface area contributed by atoms with E-state index in [2.05, 4.69) is 16.0 Å². The van der Waals surface area contributed by atoms with Crippen LogP contribution in [0.15, 0.2) is 109 Å². The van der Waals surface area contributed by atoms with Crippen LogP contribution in [0.1, 0.15) is 31.8 Å². The molecule has 0 spiro atoms. The van der Waals surface area contributed by atoms with E-state index in [-0.39, 0.29) is 17.9 Å². The number of benzene rings is 4. The lowest BCUT2D eigenvalue weighted by atomic mass is 10.0. The van der Waals surface area contributed by atoms with Gasteiger partial charge in [0.1, 0.15) is 30.2 Å². The number of phenols is 1. The predicted molar refractivity (Wildman–Crippen MR) is 172 cm³/mol. The van der Waals surface area contributed by atoms with E-state index in [9.17, 15) is 19.5 Å². The van der Waals surface area contributed by atoms with Crippen LogP contribution in [-0.4, -0.2) is 46.5 Å². The number of methoxy groups -OCH3 is 1. The lowest BCUT2D eigenvalue weighted by molar-refractivity contribution is -0.146. The Balaban J connectivity index is 0.000000180. The molecule has 0 aliphatic rings. The van der Waals surface area contributed by atoms with Crippen LogP contribution in [0.25, 0.3) is 33.1 Å². The van der Waals surface area contributed by atoms with Crippen molar-refractivity contribution in [1.29, 1.82) is 0 Å². The van der Waals surface area contributed by atoms with Crippen molar-refractivity contribution in [2.45, 2.75) is 19.1 Å². The fraction of sp³-hybridized carbons (Fsp3) is 0.111. The van der Waals surface area contributed by atoms with Crippen molar-refractivity contribution in [1.82, 2.24) is 9.97 Å². The highest BCUT2D eigenvalue weighted by atomic mass is 16.5. The molecular weight excluding hydrogens is 570 g/mol. The van der Waals surface area contributed by atoms with Crippen molar-refractivity contribution in [2.24, 2.45) is 5.73 Å². The van der Waals surface area contributed by atoms with Gasteiger partial charge in [-0.2, -0.15) is 0 Å². The third kappa shape index (κ3) is 7.23. The van der Waals surface area contributed by atoms with Crippen LogP contribution in [0, 0.1) is 0 Å². The van der Waals surface area contributed by atoms with Crippen molar-refractivity contribution < 1.29 is 29.0 Å². The van der Waals surface area contributed by atoms with Gasteiger partial charge < -0.3 is 25.3 Å². The number of nitrogens with one attached hydrogen (secondary N) is 1. The summed E-state index contributed by atoms with van der Waals surface area (Å²) in [6.07, 6.45) is 2.85. The van der Waals surface area contributed by atoms with E-state index in [0.29, 0.717) is 17.7 Å². The highest BCUT2D eigenvalue weighted by Gasteiger charge is 2.17. The van der Waals surface area contributed by atoms with E-state index < -0.39 is 18.0 Å². The number of aromatic amines is 1. The first kappa shape index (κ1) is 30.7. The summed E-state index contributed by atoms with van der Waals surface area (Å²) in [5, 5.41) is 12.1. The molecule has 0 amide bonds. The van der Waals surface area contributed by atoms with Crippen molar-refractivity contribution in [3.63, 3.8) is 0 Å². The topological polar surface area (TPSA) is 145 Å². The number of esters is 2. The van der Waals surface area contributed by atoms with Crippen LogP contribution in [0.3, 0.4) is 0 Å². The van der Waals surface area contributed by atoms with Crippen LogP contribution in [0.2, 0.25) is 0 Å². The van der Waals surface area contributed by atoms with E-state index in [0.717, 1.165) is 44.8 Å². The van der Waals surface area contributed by atoms with Crippen LogP contribution >= 0.6 is 0 Å². The molecule has 6 aromatic rings. The Morgan fingerprint density at radius 2 is 1.67 bits per heavy atom. The van der Waals surface area contributed by atoms with Crippen LogP contribution < -0.4 is 5.73 Å². The number of aromatic nitrogens is 2. The minimum Gasteiger partial charge on any atom is -0.507 e. The number of fused-ring (bicyclic) bond motifs is 3. The third-order valence-corrected chi connectivity index (χ3v) is 7.17. The fourth-order valence-corrected chi connectivity index (χ4v) is 4.92. The Labute approximate surface area is 259 Å². The van der Waals surface area contributed by atoms with Crippen molar-refractivity contribution in [2.75, 3.05) is 7.11 Å². The first-order chi connectivity index (χ1) is 21.9. The molecule has 2 aromatic heterocycles. The summed E-state index contributed by atoms with van der Waals surface area (Å²) in [5.41, 5.74) is 11.6. The van der Waals surface area contributed by atoms with Crippen LogP contribution in [-0.2, 0) is 27.3 Å². The van der Waals surface area contributed by atoms with Gasteiger partial charge >= 0.3 is 11.9 Å². The molecule has 0 radical (unpaired) electrons. The Kier molecular flexibility index (Phi) is 9.61. The molecule has 9 nitrogen and oxygen atoms in total. The van der Waals surface area contributed by atoms with Crippen molar-refractivity contribution in [3.8, 4) is 17.0 Å². The molecule has 0 aliphatic carbocycles. The molecule has 9 heteroatoms. The number of ether oxygens (including phenoxy) is 2. The fourth-order valence-electron chi connectivity index (χ4n) is 4.92. The van der Waals surface area contributed by atoms with Gasteiger partial charge in [-0.05, 0) is 53.9 Å². The Bertz CT molecular complexity index is 1970. The summed E-state index contributed by atoms with van der Waals surface area (Å²) in [4.78, 5) is 42.2. The first-order valence-electron chi connectivity index (χ1n) is 14.2. The molecule has 0 fully saturated rings. The van der Waals surface area contributed by atoms with Crippen LogP contribution in [0.5, 0.6) is 5.75 Å². The zero-order valence-electron chi connectivity index (χ0n) is 24.5. The summed E-state index contributed by atoms with van der Waals surface area (Å²) in [5.74, 6) is -1.15. The Morgan fingerprint density at radius 3 is 2.44 bits per heavy atom. The van der Waals surface area contributed by atoms with Gasteiger partial charge in [0.2, 0.25) is 0 Å². The van der Waals surface area contributed by atoms with E-state index in [1.54, 1.807) is 36.5 Å². The van der Waals surface area contributed by atoms with Gasteiger partial charge in [-0.15, -0.1) is 0 Å². The lowest BCUT2D eigenvalue weighted by Gasteiger charge is -2.12. The number of pyridine rings is 1. The van der Waals surface area contributed by atoms with Gasteiger partial charge in [0, 0.05) is 33.6 Å². The molecule has 0 saturated heterocycles. The van der Waals surface area contributed by atoms with Gasteiger partial charge in [0.15, 0.2) is 0 Å². The average molecular weight is 602 g/mol. The number of hydrogen-bond acceptors (Lipinski definition) is 8. The Morgan fingerprint density at radius 1 is 0.911 bits per heavy atom. The van der Waals surface area contributed by atoms with E-state index in [1.165, 1.54) is 13.2 Å². The molecule has 0 aliphatic heterocycles. The SMILES string of the molecule is COC(=O)c1cc(-c2nccc3c2[nH]c2ccccc23)ccc1O.NC(Cc1cccc(C=O)c1)C(=O)OCc1ccccc1. The highest BCUT2D eigenvalue weighted by molar-refractivity contribution is 6.11. The maximum Gasteiger partial charge on any atom is 0.341 e. The quantitative estimate of drug-likeness (QED) is 0.143. The molecular formula is C36H31N3O6. The van der Waals surface area contributed by atoms with Crippen molar-refractivity contribution >= 4 is 40.0 Å². The average Bonchev–Trinajstić information content (AvgIpc) is 3.47. The normalized spacial score (nSPS) is 11.3. The summed E-state index contributed by atoms with van der Waals surface area (Å²) in [6.45, 7) is 0.210. The number of para-hydroxylation sites is 1. The number of carbonyl (C=O) groups is 3. The smallest absolute Gasteiger partial charge is 0.341 e. The molecule has 4 N–H and O–H groups in total. The molecule has 226 valence electrons. The molecule has 6 rings (SSSR count). The van der Waals surface area contributed by atoms with E-state index in [1.807, 2.05) is 60.7 Å². The monoisotopic (exact) mass is 601 g/mol.